The van der Waals surface area contributed by atoms with E-state index in [2.05, 4.69) is 5.32 Å². The molecule has 0 heterocycles. The molecule has 0 saturated heterocycles. The van der Waals surface area contributed by atoms with Gasteiger partial charge in [0.2, 0.25) is 0 Å². The lowest BCUT2D eigenvalue weighted by Gasteiger charge is -2.20. The summed E-state index contributed by atoms with van der Waals surface area (Å²) in [6.07, 6.45) is 5.27. The van der Waals surface area contributed by atoms with E-state index in [1.807, 2.05) is 0 Å². The Morgan fingerprint density at radius 2 is 1.83 bits per heavy atom. The summed E-state index contributed by atoms with van der Waals surface area (Å²) in [5.74, 6) is 1.05. The number of carbonyl (C=O) groups is 2. The Labute approximate surface area is 155 Å². The number of ether oxygens (including phenoxy) is 1. The van der Waals surface area contributed by atoms with Crippen LogP contribution in [0, 0.1) is 17.8 Å². The molecule has 24 heavy (non-hydrogen) atoms. The van der Waals surface area contributed by atoms with E-state index in [0.29, 0.717) is 23.3 Å². The number of rotatable bonds is 5. The monoisotopic (exact) mass is 389 g/mol. The van der Waals surface area contributed by atoms with E-state index in [-0.39, 0.29) is 28.3 Å². The number of nitrogens with one attached hydrogen (secondary N) is 1. The Kier molecular flexibility index (Phi) is 5.58. The van der Waals surface area contributed by atoms with Gasteiger partial charge >= 0.3 is 5.97 Å². The van der Waals surface area contributed by atoms with Crippen molar-refractivity contribution in [1.29, 1.82) is 0 Å². The number of esters is 1. The predicted octanol–water partition coefficient (Wildman–Crippen LogP) is 4.95. The molecular weight excluding hydrogens is 373 g/mol. The Hall–Kier alpha value is -0.970. The first-order chi connectivity index (χ1) is 11.4. The van der Waals surface area contributed by atoms with Crippen molar-refractivity contribution in [3.63, 3.8) is 0 Å². The molecule has 0 spiro atoms. The lowest BCUT2D eigenvalue weighted by atomic mass is 9.86. The van der Waals surface area contributed by atoms with Crippen molar-refractivity contribution in [3.8, 4) is 0 Å². The lowest BCUT2D eigenvalue weighted by molar-refractivity contribution is -0.148. The topological polar surface area (TPSA) is 55.4 Å². The molecule has 3 atom stereocenters. The molecule has 4 nitrogen and oxygen atoms in total. The summed E-state index contributed by atoms with van der Waals surface area (Å²) >= 11 is 17.8. The maximum Gasteiger partial charge on any atom is 0.306 e. The summed E-state index contributed by atoms with van der Waals surface area (Å²) in [7, 11) is 0. The second-order valence-electron chi connectivity index (χ2n) is 6.59. The van der Waals surface area contributed by atoms with Gasteiger partial charge in [-0.2, -0.15) is 0 Å². The van der Waals surface area contributed by atoms with Crippen molar-refractivity contribution in [3.05, 3.63) is 27.2 Å². The molecule has 0 aromatic heterocycles. The Morgan fingerprint density at radius 3 is 2.42 bits per heavy atom. The first kappa shape index (κ1) is 17.8. The van der Waals surface area contributed by atoms with Gasteiger partial charge in [0.25, 0.3) is 5.91 Å². The third-order valence-electron chi connectivity index (χ3n) is 4.95. The molecule has 0 radical (unpaired) electrons. The van der Waals surface area contributed by atoms with Crippen LogP contribution < -0.4 is 5.32 Å². The van der Waals surface area contributed by atoms with Crippen molar-refractivity contribution < 1.29 is 14.3 Å². The van der Waals surface area contributed by atoms with Gasteiger partial charge in [-0.15, -0.1) is 0 Å². The minimum atomic E-state index is -0.484. The Morgan fingerprint density at radius 1 is 1.12 bits per heavy atom. The van der Waals surface area contributed by atoms with Crippen molar-refractivity contribution >= 4 is 52.4 Å². The number of halogens is 3. The molecule has 2 fully saturated rings. The Bertz CT molecular complexity index is 641. The van der Waals surface area contributed by atoms with E-state index in [1.165, 1.54) is 31.4 Å². The quantitative estimate of drug-likeness (QED) is 0.723. The number of amides is 1. The van der Waals surface area contributed by atoms with Crippen LogP contribution in [0.5, 0.6) is 0 Å². The molecule has 1 aromatic carbocycles. The van der Waals surface area contributed by atoms with E-state index in [9.17, 15) is 9.59 Å². The summed E-state index contributed by atoms with van der Waals surface area (Å²) in [5.41, 5.74) is 0.261. The summed E-state index contributed by atoms with van der Waals surface area (Å²) in [5, 5.41) is 3.38. The molecule has 2 bridgehead atoms. The van der Waals surface area contributed by atoms with Crippen molar-refractivity contribution in [2.24, 2.45) is 17.8 Å². The summed E-state index contributed by atoms with van der Waals surface area (Å²) in [6, 6.07) is 2.96. The van der Waals surface area contributed by atoms with Crippen LogP contribution in [-0.2, 0) is 14.3 Å². The van der Waals surface area contributed by atoms with Crippen molar-refractivity contribution in [2.75, 3.05) is 11.9 Å². The molecule has 3 rings (SSSR count). The van der Waals surface area contributed by atoms with Gasteiger partial charge in [0.05, 0.1) is 15.7 Å². The SMILES string of the molecule is O=C(COC(=O)C[C@@H]1C[C@@H]2CC[C@@H]1C2)Nc1c(Cl)cc(Cl)cc1Cl. The molecule has 130 valence electrons. The molecule has 2 aliphatic rings. The van der Waals surface area contributed by atoms with Crippen LogP contribution in [0.1, 0.15) is 32.1 Å². The van der Waals surface area contributed by atoms with E-state index < -0.39 is 5.91 Å². The average molecular weight is 391 g/mol. The predicted molar refractivity (Wildman–Crippen MR) is 94.6 cm³/mol. The highest BCUT2D eigenvalue weighted by Gasteiger charge is 2.40. The highest BCUT2D eigenvalue weighted by atomic mass is 35.5. The normalized spacial score (nSPS) is 24.9. The number of benzene rings is 1. The zero-order chi connectivity index (χ0) is 17.3. The third-order valence-corrected chi connectivity index (χ3v) is 5.76. The lowest BCUT2D eigenvalue weighted by Crippen LogP contribution is -2.23. The first-order valence-electron chi connectivity index (χ1n) is 8.02. The average Bonchev–Trinajstić information content (AvgIpc) is 3.11. The van der Waals surface area contributed by atoms with Gasteiger partial charge in [-0.05, 0) is 49.1 Å². The van der Waals surface area contributed by atoms with Crippen LogP contribution in [0.2, 0.25) is 15.1 Å². The molecule has 1 amide bonds. The second-order valence-corrected chi connectivity index (χ2v) is 7.84. The van der Waals surface area contributed by atoms with E-state index in [4.69, 9.17) is 39.5 Å². The zero-order valence-electron chi connectivity index (χ0n) is 13.0. The van der Waals surface area contributed by atoms with Crippen molar-refractivity contribution in [1.82, 2.24) is 0 Å². The molecule has 1 aromatic rings. The Balaban J connectivity index is 1.46. The minimum Gasteiger partial charge on any atom is -0.456 e. The molecule has 0 aliphatic heterocycles. The third kappa shape index (κ3) is 4.16. The largest absolute Gasteiger partial charge is 0.456 e. The maximum absolute atomic E-state index is 11.9. The zero-order valence-corrected chi connectivity index (χ0v) is 15.3. The minimum absolute atomic E-state index is 0.231. The van der Waals surface area contributed by atoms with Crippen LogP contribution in [0.4, 0.5) is 5.69 Å². The summed E-state index contributed by atoms with van der Waals surface area (Å²) in [6.45, 7) is -0.352. The number of hydrogen-bond donors (Lipinski definition) is 1. The number of carbonyl (C=O) groups excluding carboxylic acids is 2. The first-order valence-corrected chi connectivity index (χ1v) is 9.15. The van der Waals surface area contributed by atoms with Crippen LogP contribution in [0.25, 0.3) is 0 Å². The van der Waals surface area contributed by atoms with Gasteiger partial charge < -0.3 is 10.1 Å². The standard InChI is InChI=1S/C17H18Cl3NO3/c18-12-6-13(19)17(14(20)7-12)21-15(22)8-24-16(23)5-11-4-9-1-2-10(11)3-9/h6-7,9-11H,1-5,8H2,(H,21,22)/t9-,10-,11+/m1/s1. The van der Waals surface area contributed by atoms with Gasteiger partial charge in [0, 0.05) is 11.4 Å². The second kappa shape index (κ2) is 7.51. The molecular formula is C17H18Cl3NO3. The van der Waals surface area contributed by atoms with Gasteiger partial charge in [0.15, 0.2) is 6.61 Å². The molecule has 1 N–H and O–H groups in total. The summed E-state index contributed by atoms with van der Waals surface area (Å²) < 4.78 is 5.09. The highest BCUT2D eigenvalue weighted by molar-refractivity contribution is 6.42. The number of anilines is 1. The maximum atomic E-state index is 11.9. The van der Waals surface area contributed by atoms with Crippen LogP contribution >= 0.6 is 34.8 Å². The number of hydrogen-bond acceptors (Lipinski definition) is 3. The molecule has 7 heteroatoms. The van der Waals surface area contributed by atoms with Crippen LogP contribution in [0.15, 0.2) is 12.1 Å². The highest BCUT2D eigenvalue weighted by Crippen LogP contribution is 2.49. The van der Waals surface area contributed by atoms with Gasteiger partial charge in [-0.1, -0.05) is 41.2 Å². The van der Waals surface area contributed by atoms with Crippen LogP contribution in [-0.4, -0.2) is 18.5 Å². The summed E-state index contributed by atoms with van der Waals surface area (Å²) in [4.78, 5) is 23.9. The fourth-order valence-corrected chi connectivity index (χ4v) is 4.79. The van der Waals surface area contributed by atoms with Crippen molar-refractivity contribution in [2.45, 2.75) is 32.1 Å². The van der Waals surface area contributed by atoms with Gasteiger partial charge in [-0.3, -0.25) is 9.59 Å². The van der Waals surface area contributed by atoms with Crippen LogP contribution in [0.3, 0.4) is 0 Å². The van der Waals surface area contributed by atoms with E-state index in [0.717, 1.165) is 12.3 Å². The smallest absolute Gasteiger partial charge is 0.306 e. The molecule has 0 unspecified atom stereocenters. The fraction of sp³-hybridized carbons (Fsp3) is 0.529. The van der Waals surface area contributed by atoms with Gasteiger partial charge in [0.1, 0.15) is 0 Å². The van der Waals surface area contributed by atoms with Gasteiger partial charge in [-0.25, -0.2) is 0 Å². The van der Waals surface area contributed by atoms with E-state index >= 15 is 0 Å². The molecule has 2 aliphatic carbocycles. The molecule has 2 saturated carbocycles. The number of fused-ring (bicyclic) bond motifs is 2. The fourth-order valence-electron chi connectivity index (χ4n) is 3.88. The van der Waals surface area contributed by atoms with E-state index in [1.54, 1.807) is 0 Å².